The number of aromatic nitrogens is 2. The number of nitrogens with zero attached hydrogens (tertiary/aromatic N) is 1. The number of anilines is 1. The number of rotatable bonds is 6. The van der Waals surface area contributed by atoms with Gasteiger partial charge in [-0.05, 0) is 35.7 Å². The van der Waals surface area contributed by atoms with Crippen LogP contribution >= 0.6 is 11.3 Å². The van der Waals surface area contributed by atoms with Gasteiger partial charge in [-0.25, -0.2) is 4.98 Å². The van der Waals surface area contributed by atoms with Crippen molar-refractivity contribution in [2.75, 3.05) is 5.32 Å². The van der Waals surface area contributed by atoms with E-state index in [2.05, 4.69) is 33.6 Å². The second kappa shape index (κ2) is 8.05. The van der Waals surface area contributed by atoms with Crippen molar-refractivity contribution in [1.29, 1.82) is 0 Å². The fourth-order valence-electron chi connectivity index (χ4n) is 3.41. The molecule has 4 aromatic rings. The van der Waals surface area contributed by atoms with E-state index >= 15 is 0 Å². The first-order valence-corrected chi connectivity index (χ1v) is 10.4. The van der Waals surface area contributed by atoms with Crippen LogP contribution in [0.3, 0.4) is 0 Å². The van der Waals surface area contributed by atoms with Crippen LogP contribution in [0.15, 0.2) is 48.7 Å². The zero-order valence-electron chi connectivity index (χ0n) is 16.3. The van der Waals surface area contributed by atoms with Crippen LogP contribution in [-0.2, 0) is 22.4 Å². The summed E-state index contributed by atoms with van der Waals surface area (Å²) in [6.45, 7) is 3.52. The van der Waals surface area contributed by atoms with Crippen molar-refractivity contribution in [2.24, 2.45) is 0 Å². The van der Waals surface area contributed by atoms with Crippen LogP contribution < -0.4 is 10.6 Å². The molecular formula is C22H22N4O2S. The zero-order valence-corrected chi connectivity index (χ0v) is 17.1. The summed E-state index contributed by atoms with van der Waals surface area (Å²) in [5.74, 6) is -0.526. The lowest BCUT2D eigenvalue weighted by Crippen LogP contribution is -2.44. The molecule has 0 spiro atoms. The number of aromatic amines is 1. The third-order valence-corrected chi connectivity index (χ3v) is 5.82. The van der Waals surface area contributed by atoms with Gasteiger partial charge in [0, 0.05) is 30.4 Å². The van der Waals surface area contributed by atoms with Gasteiger partial charge in [0.15, 0.2) is 5.13 Å². The Morgan fingerprint density at radius 3 is 2.83 bits per heavy atom. The number of hydrogen-bond acceptors (Lipinski definition) is 4. The summed E-state index contributed by atoms with van der Waals surface area (Å²) in [7, 11) is 0. The monoisotopic (exact) mass is 406 g/mol. The summed E-state index contributed by atoms with van der Waals surface area (Å²) in [5.41, 5.74) is 4.07. The molecule has 2 heterocycles. The van der Waals surface area contributed by atoms with Gasteiger partial charge in [-0.1, -0.05) is 42.5 Å². The molecule has 0 radical (unpaired) electrons. The fraction of sp³-hybridized carbons (Fsp3) is 0.227. The molecule has 2 aromatic heterocycles. The molecule has 0 aliphatic heterocycles. The second-order valence-electron chi connectivity index (χ2n) is 6.98. The van der Waals surface area contributed by atoms with Crippen molar-refractivity contribution in [2.45, 2.75) is 32.7 Å². The Labute approximate surface area is 172 Å². The van der Waals surface area contributed by atoms with Gasteiger partial charge in [0.2, 0.25) is 11.8 Å². The minimum absolute atomic E-state index is 0.248. The Kier molecular flexibility index (Phi) is 5.31. The maximum atomic E-state index is 12.9. The number of amides is 2. The third-order valence-electron chi connectivity index (χ3n) is 4.88. The Balaban J connectivity index is 1.56. The van der Waals surface area contributed by atoms with Crippen molar-refractivity contribution < 1.29 is 9.59 Å². The van der Waals surface area contributed by atoms with E-state index in [9.17, 15) is 9.59 Å². The maximum Gasteiger partial charge on any atom is 0.249 e. The first kappa shape index (κ1) is 19.1. The number of H-pyrrole nitrogens is 1. The van der Waals surface area contributed by atoms with Gasteiger partial charge in [-0.3, -0.25) is 9.59 Å². The van der Waals surface area contributed by atoms with Gasteiger partial charge >= 0.3 is 0 Å². The molecule has 2 amide bonds. The van der Waals surface area contributed by atoms with E-state index in [1.165, 1.54) is 23.8 Å². The van der Waals surface area contributed by atoms with E-state index in [1.54, 1.807) is 0 Å². The summed E-state index contributed by atoms with van der Waals surface area (Å²) < 4.78 is 1.03. The van der Waals surface area contributed by atoms with E-state index in [4.69, 9.17) is 0 Å². The van der Waals surface area contributed by atoms with Gasteiger partial charge in [-0.2, -0.15) is 0 Å². The average Bonchev–Trinajstić information content (AvgIpc) is 3.30. The first-order valence-electron chi connectivity index (χ1n) is 9.56. The number of carbonyl (C=O) groups is 2. The highest BCUT2D eigenvalue weighted by Crippen LogP contribution is 2.27. The SMILES string of the molecule is CCc1ccc2nc(NC(=O)[C@@H](Cc3c[nH]c4ccccc34)NC(C)=O)sc2c1. The highest BCUT2D eigenvalue weighted by atomic mass is 32.1. The smallest absolute Gasteiger partial charge is 0.249 e. The first-order chi connectivity index (χ1) is 14.0. The number of aryl methyl sites for hydroxylation is 1. The van der Waals surface area contributed by atoms with Crippen LogP contribution in [0, 0.1) is 0 Å². The summed E-state index contributed by atoms with van der Waals surface area (Å²) in [5, 5.41) is 7.22. The molecule has 0 aliphatic rings. The highest BCUT2D eigenvalue weighted by Gasteiger charge is 2.22. The van der Waals surface area contributed by atoms with Gasteiger partial charge in [0.1, 0.15) is 6.04 Å². The van der Waals surface area contributed by atoms with Gasteiger partial charge in [0.25, 0.3) is 0 Å². The normalized spacial score (nSPS) is 12.2. The van der Waals surface area contributed by atoms with E-state index in [0.717, 1.165) is 33.1 Å². The maximum absolute atomic E-state index is 12.9. The molecule has 0 aliphatic carbocycles. The summed E-state index contributed by atoms with van der Waals surface area (Å²) in [4.78, 5) is 32.4. The predicted molar refractivity (Wildman–Crippen MR) is 117 cm³/mol. The predicted octanol–water partition coefficient (Wildman–Crippen LogP) is 4.03. The molecule has 0 saturated heterocycles. The Bertz CT molecular complexity index is 1190. The minimum atomic E-state index is -0.690. The molecule has 0 fully saturated rings. The number of nitrogens with one attached hydrogen (secondary N) is 3. The minimum Gasteiger partial charge on any atom is -0.361 e. The standard InChI is InChI=1S/C22H22N4O2S/c1-3-14-8-9-18-20(10-14)29-22(25-18)26-21(28)19(24-13(2)27)11-15-12-23-17-7-5-4-6-16(15)17/h4-10,12,19,23H,3,11H2,1-2H3,(H,24,27)(H,25,26,28)/t19-/m1/s1. The molecule has 6 nitrogen and oxygen atoms in total. The molecule has 3 N–H and O–H groups in total. The molecular weight excluding hydrogens is 384 g/mol. The van der Waals surface area contributed by atoms with Gasteiger partial charge in [-0.15, -0.1) is 0 Å². The number of para-hydroxylation sites is 1. The zero-order chi connectivity index (χ0) is 20.4. The summed E-state index contributed by atoms with van der Waals surface area (Å²) in [6.07, 6.45) is 3.22. The van der Waals surface area contributed by atoms with E-state index in [-0.39, 0.29) is 11.8 Å². The lowest BCUT2D eigenvalue weighted by molar-refractivity contribution is -0.125. The van der Waals surface area contributed by atoms with Crippen molar-refractivity contribution in [1.82, 2.24) is 15.3 Å². The van der Waals surface area contributed by atoms with Crippen molar-refractivity contribution in [3.63, 3.8) is 0 Å². The van der Waals surface area contributed by atoms with E-state index in [1.807, 2.05) is 42.6 Å². The third kappa shape index (κ3) is 4.14. The van der Waals surface area contributed by atoms with Crippen LogP contribution in [0.25, 0.3) is 21.1 Å². The topological polar surface area (TPSA) is 86.9 Å². The van der Waals surface area contributed by atoms with Gasteiger partial charge in [0.05, 0.1) is 10.2 Å². The van der Waals surface area contributed by atoms with Crippen molar-refractivity contribution in [3.05, 3.63) is 59.8 Å². The number of hydrogen-bond donors (Lipinski definition) is 3. The number of benzene rings is 2. The van der Waals surface area contributed by atoms with E-state index in [0.29, 0.717) is 11.6 Å². The summed E-state index contributed by atoms with van der Waals surface area (Å²) in [6, 6.07) is 13.3. The Morgan fingerprint density at radius 1 is 1.21 bits per heavy atom. The molecule has 0 saturated carbocycles. The second-order valence-corrected chi connectivity index (χ2v) is 8.01. The highest BCUT2D eigenvalue weighted by molar-refractivity contribution is 7.22. The quantitative estimate of drug-likeness (QED) is 0.452. The lowest BCUT2D eigenvalue weighted by Gasteiger charge is -2.16. The Morgan fingerprint density at radius 2 is 2.03 bits per heavy atom. The van der Waals surface area contributed by atoms with Crippen LogP contribution in [-0.4, -0.2) is 27.8 Å². The molecule has 7 heteroatoms. The van der Waals surface area contributed by atoms with Crippen LogP contribution in [0.4, 0.5) is 5.13 Å². The summed E-state index contributed by atoms with van der Waals surface area (Å²) >= 11 is 1.44. The van der Waals surface area contributed by atoms with Crippen LogP contribution in [0.2, 0.25) is 0 Å². The van der Waals surface area contributed by atoms with Gasteiger partial charge < -0.3 is 15.6 Å². The largest absolute Gasteiger partial charge is 0.361 e. The number of carbonyl (C=O) groups excluding carboxylic acids is 2. The van der Waals surface area contributed by atoms with Crippen molar-refractivity contribution >= 4 is 49.4 Å². The molecule has 2 aromatic carbocycles. The number of fused-ring (bicyclic) bond motifs is 2. The van der Waals surface area contributed by atoms with Crippen molar-refractivity contribution in [3.8, 4) is 0 Å². The molecule has 0 bridgehead atoms. The molecule has 29 heavy (non-hydrogen) atoms. The average molecular weight is 407 g/mol. The Hall–Kier alpha value is -3.19. The number of thiazole rings is 1. The molecule has 148 valence electrons. The molecule has 4 rings (SSSR count). The lowest BCUT2D eigenvalue weighted by atomic mass is 10.0. The molecule has 0 unspecified atom stereocenters. The van der Waals surface area contributed by atoms with Crippen LogP contribution in [0.1, 0.15) is 25.0 Å². The fourth-order valence-corrected chi connectivity index (χ4v) is 4.34. The molecule has 1 atom stereocenters. The van der Waals surface area contributed by atoms with Crippen LogP contribution in [0.5, 0.6) is 0 Å². The van der Waals surface area contributed by atoms with E-state index < -0.39 is 6.04 Å².